The molecule has 0 N–H and O–H groups in total. The van der Waals surface area contributed by atoms with Crippen LogP contribution in [-0.2, 0) is 5.88 Å². The van der Waals surface area contributed by atoms with Crippen molar-refractivity contribution in [1.29, 1.82) is 0 Å². The molecule has 0 atom stereocenters. The first-order valence-corrected chi connectivity index (χ1v) is 2.34. The van der Waals surface area contributed by atoms with Gasteiger partial charge in [-0.3, -0.25) is 0 Å². The number of alkyl halides is 1. The molecule has 37 valence electrons. The maximum Gasteiger partial charge on any atom is 0.159 e. The maximum absolute atomic E-state index is 5.30. The van der Waals surface area contributed by atoms with Gasteiger partial charge in [-0.05, 0) is 0 Å². The smallest absolute Gasteiger partial charge is 0.159 e. The number of nitrogens with zero attached hydrogens (tertiary/aromatic N) is 1. The molecule has 0 saturated carbocycles. The second kappa shape index (κ2) is 1.98. The van der Waals surface area contributed by atoms with Crippen LogP contribution < -0.4 is 0 Å². The normalized spacial score (nSPS) is 9.29. The van der Waals surface area contributed by atoms with Gasteiger partial charge < -0.3 is 4.52 Å². The molecule has 3 heteroatoms. The summed E-state index contributed by atoms with van der Waals surface area (Å²) in [5, 5.41) is 3.38. The second-order valence-electron chi connectivity index (χ2n) is 1.03. The molecule has 0 saturated heterocycles. The average molecular weight is 117 g/mol. The van der Waals surface area contributed by atoms with Gasteiger partial charge in [-0.15, -0.1) is 11.6 Å². The Hall–Kier alpha value is -0.500. The van der Waals surface area contributed by atoms with Crippen LogP contribution in [0, 0.1) is 6.07 Å². The third-order valence-electron chi connectivity index (χ3n) is 0.563. The summed E-state index contributed by atoms with van der Waals surface area (Å²) in [6, 6.07) is 2.68. The van der Waals surface area contributed by atoms with Gasteiger partial charge in [0, 0.05) is 0 Å². The Labute approximate surface area is 46.1 Å². The van der Waals surface area contributed by atoms with Crippen molar-refractivity contribution in [2.75, 3.05) is 0 Å². The Balaban J connectivity index is 2.76. The van der Waals surface area contributed by atoms with Gasteiger partial charge in [0.05, 0.1) is 18.1 Å². The number of hydrogen-bond donors (Lipinski definition) is 0. The fraction of sp³-hybridized carbons (Fsp3) is 0.250. The molecule has 0 unspecified atom stereocenters. The molecule has 1 aromatic heterocycles. The molecular formula is C4H3ClNO. The van der Waals surface area contributed by atoms with E-state index in [1.807, 2.05) is 0 Å². The standard InChI is InChI=1S/C4H3ClNO/c5-3-4-1-2-6-7-4/h2H,3H2. The summed E-state index contributed by atoms with van der Waals surface area (Å²) >= 11 is 5.30. The summed E-state index contributed by atoms with van der Waals surface area (Å²) in [4.78, 5) is 0. The molecule has 0 spiro atoms. The van der Waals surface area contributed by atoms with Crippen LogP contribution in [0.15, 0.2) is 10.7 Å². The molecule has 0 aliphatic carbocycles. The highest BCUT2D eigenvalue weighted by molar-refractivity contribution is 6.16. The molecular weight excluding hydrogens is 114 g/mol. The molecule has 0 aliphatic heterocycles. The highest BCUT2D eigenvalue weighted by Gasteiger charge is 1.89. The van der Waals surface area contributed by atoms with E-state index in [-0.39, 0.29) is 0 Å². The first-order chi connectivity index (χ1) is 3.43. The average Bonchev–Trinajstić information content (AvgIpc) is 2.14. The molecule has 1 aromatic rings. The Morgan fingerprint density at radius 1 is 2.00 bits per heavy atom. The monoisotopic (exact) mass is 116 g/mol. The summed E-state index contributed by atoms with van der Waals surface area (Å²) < 4.78 is 4.55. The van der Waals surface area contributed by atoms with E-state index in [0.29, 0.717) is 11.6 Å². The van der Waals surface area contributed by atoms with Gasteiger partial charge in [-0.25, -0.2) is 0 Å². The van der Waals surface area contributed by atoms with Crippen molar-refractivity contribution in [2.24, 2.45) is 0 Å². The van der Waals surface area contributed by atoms with Crippen molar-refractivity contribution in [2.45, 2.75) is 5.88 Å². The highest BCUT2D eigenvalue weighted by atomic mass is 35.5. The van der Waals surface area contributed by atoms with Crippen molar-refractivity contribution in [3.63, 3.8) is 0 Å². The van der Waals surface area contributed by atoms with E-state index < -0.39 is 0 Å². The quantitative estimate of drug-likeness (QED) is 0.516. The van der Waals surface area contributed by atoms with Gasteiger partial charge in [-0.2, -0.15) is 0 Å². The highest BCUT2D eigenvalue weighted by Crippen LogP contribution is 1.97. The van der Waals surface area contributed by atoms with Crippen LogP contribution in [0.1, 0.15) is 5.76 Å². The Morgan fingerprint density at radius 2 is 2.86 bits per heavy atom. The van der Waals surface area contributed by atoms with Crippen molar-refractivity contribution >= 4 is 11.6 Å². The van der Waals surface area contributed by atoms with Crippen molar-refractivity contribution in [3.8, 4) is 0 Å². The van der Waals surface area contributed by atoms with Crippen molar-refractivity contribution < 1.29 is 4.52 Å². The zero-order valence-electron chi connectivity index (χ0n) is 3.52. The van der Waals surface area contributed by atoms with E-state index in [1.165, 1.54) is 6.20 Å². The predicted molar refractivity (Wildman–Crippen MR) is 24.9 cm³/mol. The number of rotatable bonds is 1. The van der Waals surface area contributed by atoms with Gasteiger partial charge >= 0.3 is 0 Å². The van der Waals surface area contributed by atoms with Gasteiger partial charge in [0.2, 0.25) is 0 Å². The zero-order valence-corrected chi connectivity index (χ0v) is 4.27. The molecule has 0 bridgehead atoms. The van der Waals surface area contributed by atoms with Crippen LogP contribution in [0.5, 0.6) is 0 Å². The van der Waals surface area contributed by atoms with Crippen LogP contribution in [-0.4, -0.2) is 5.16 Å². The third-order valence-corrected chi connectivity index (χ3v) is 0.805. The first kappa shape index (κ1) is 4.65. The molecule has 7 heavy (non-hydrogen) atoms. The van der Waals surface area contributed by atoms with Gasteiger partial charge in [-0.1, -0.05) is 5.16 Å². The van der Waals surface area contributed by atoms with Crippen LogP contribution in [0.4, 0.5) is 0 Å². The Bertz CT molecular complexity index is 126. The summed E-state index contributed by atoms with van der Waals surface area (Å²) in [5.74, 6) is 0.932. The maximum atomic E-state index is 5.30. The van der Waals surface area contributed by atoms with Crippen LogP contribution in [0.3, 0.4) is 0 Å². The Morgan fingerprint density at radius 3 is 3.14 bits per heavy atom. The minimum atomic E-state index is 0.347. The van der Waals surface area contributed by atoms with Crippen molar-refractivity contribution in [1.82, 2.24) is 5.16 Å². The van der Waals surface area contributed by atoms with E-state index in [0.717, 1.165) is 0 Å². The lowest BCUT2D eigenvalue weighted by atomic mass is 10.5. The summed E-state index contributed by atoms with van der Waals surface area (Å²) in [6.45, 7) is 0. The lowest BCUT2D eigenvalue weighted by Gasteiger charge is -1.73. The van der Waals surface area contributed by atoms with Crippen LogP contribution in [0.2, 0.25) is 0 Å². The second-order valence-corrected chi connectivity index (χ2v) is 1.29. The zero-order chi connectivity index (χ0) is 5.11. The molecule has 1 heterocycles. The fourth-order valence-electron chi connectivity index (χ4n) is 0.278. The molecule has 2 nitrogen and oxygen atoms in total. The summed E-state index contributed by atoms with van der Waals surface area (Å²) in [6.07, 6.45) is 1.44. The van der Waals surface area contributed by atoms with E-state index >= 15 is 0 Å². The molecule has 1 rings (SSSR count). The van der Waals surface area contributed by atoms with Gasteiger partial charge in [0.1, 0.15) is 0 Å². The number of halogens is 1. The van der Waals surface area contributed by atoms with E-state index in [2.05, 4.69) is 15.7 Å². The van der Waals surface area contributed by atoms with Crippen LogP contribution in [0.25, 0.3) is 0 Å². The Kier molecular flexibility index (Phi) is 1.32. The minimum absolute atomic E-state index is 0.347. The van der Waals surface area contributed by atoms with E-state index in [9.17, 15) is 0 Å². The fourth-order valence-corrected chi connectivity index (χ4v) is 0.404. The predicted octanol–water partition coefficient (Wildman–Crippen LogP) is 1.21. The van der Waals surface area contributed by atoms with E-state index in [4.69, 9.17) is 11.6 Å². The molecule has 0 amide bonds. The van der Waals surface area contributed by atoms with Gasteiger partial charge in [0.15, 0.2) is 5.76 Å². The van der Waals surface area contributed by atoms with E-state index in [1.54, 1.807) is 0 Å². The summed E-state index contributed by atoms with van der Waals surface area (Å²) in [7, 11) is 0. The SMILES string of the molecule is ClCc1[c]cno1. The van der Waals surface area contributed by atoms with Crippen LogP contribution >= 0.6 is 11.6 Å². The lowest BCUT2D eigenvalue weighted by Crippen LogP contribution is -1.64. The molecule has 0 aromatic carbocycles. The van der Waals surface area contributed by atoms with Crippen molar-refractivity contribution in [3.05, 3.63) is 18.0 Å². The largest absolute Gasteiger partial charge is 0.359 e. The van der Waals surface area contributed by atoms with Gasteiger partial charge in [0.25, 0.3) is 0 Å². The molecule has 0 aliphatic rings. The number of hydrogen-bond acceptors (Lipinski definition) is 2. The minimum Gasteiger partial charge on any atom is -0.359 e. The molecule has 0 fully saturated rings. The third kappa shape index (κ3) is 0.933. The topological polar surface area (TPSA) is 26.0 Å². The summed E-state index contributed by atoms with van der Waals surface area (Å²) in [5.41, 5.74) is 0. The number of aromatic nitrogens is 1. The molecule has 1 radical (unpaired) electrons. The lowest BCUT2D eigenvalue weighted by molar-refractivity contribution is 0.394. The first-order valence-electron chi connectivity index (χ1n) is 1.80.